The fourth-order valence-corrected chi connectivity index (χ4v) is 2.79. The molecule has 0 atom stereocenters. The third kappa shape index (κ3) is 3.66. The molecule has 1 saturated heterocycles. The fourth-order valence-electron chi connectivity index (χ4n) is 2.79. The number of aliphatic hydroxyl groups excluding tert-OH is 2. The second kappa shape index (κ2) is 7.95. The van der Waals surface area contributed by atoms with Crippen molar-refractivity contribution >= 4 is 11.8 Å². The maximum atomic E-state index is 12.4. The summed E-state index contributed by atoms with van der Waals surface area (Å²) in [5, 5.41) is 22.6. The predicted octanol–water partition coefficient (Wildman–Crippen LogP) is 2.66. The summed E-state index contributed by atoms with van der Waals surface area (Å²) in [6.07, 6.45) is 0. The van der Waals surface area contributed by atoms with Gasteiger partial charge < -0.3 is 19.7 Å². The van der Waals surface area contributed by atoms with Gasteiger partial charge >= 0.3 is 0 Å². The molecular weight excluding hydrogens is 338 g/mol. The Kier molecular flexibility index (Phi) is 5.92. The zero-order chi connectivity index (χ0) is 19.4. The number of ether oxygens (including phenoxy) is 2. The topological polar surface area (TPSA) is 105 Å². The Labute approximate surface area is 151 Å². The van der Waals surface area contributed by atoms with Gasteiger partial charge in [-0.25, -0.2) is 0 Å². The molecule has 1 fully saturated rings. The van der Waals surface area contributed by atoms with Crippen molar-refractivity contribution < 1.29 is 29.3 Å². The van der Waals surface area contributed by atoms with Gasteiger partial charge in [-0.2, -0.15) is 0 Å². The molecule has 26 heavy (non-hydrogen) atoms. The average molecular weight is 361 g/mol. The third-order valence-corrected chi connectivity index (χ3v) is 4.18. The molecule has 0 unspecified atom stereocenters. The number of piperidine rings is 1. The van der Waals surface area contributed by atoms with Gasteiger partial charge in [0.15, 0.2) is 0 Å². The minimum Gasteiger partial charge on any atom is -0.481 e. The normalized spacial score (nSPS) is 21.2. The molecule has 1 aromatic carbocycles. The van der Waals surface area contributed by atoms with Gasteiger partial charge in [0, 0.05) is 0 Å². The standard InChI is InChI=1S/C19H23NO6/c1-5-25-18(23)14-13(12-8-7-10(3)11(4)9-12)15(19(24)26-6-2)17(22)20-16(14)21/h7-9,13,23-24H,5-6H2,1-4H3,(H,20,21,22)/b18-14+,19-15+. The van der Waals surface area contributed by atoms with E-state index in [-0.39, 0.29) is 24.4 Å². The van der Waals surface area contributed by atoms with E-state index in [4.69, 9.17) is 9.47 Å². The average Bonchev–Trinajstić information content (AvgIpc) is 2.57. The number of rotatable bonds is 5. The van der Waals surface area contributed by atoms with Crippen molar-refractivity contribution in [2.75, 3.05) is 13.2 Å². The Balaban J connectivity index is 2.76. The Hall–Kier alpha value is -2.96. The van der Waals surface area contributed by atoms with Crippen LogP contribution in [0.25, 0.3) is 0 Å². The fraction of sp³-hybridized carbons (Fsp3) is 0.368. The van der Waals surface area contributed by atoms with Crippen LogP contribution in [0.5, 0.6) is 0 Å². The van der Waals surface area contributed by atoms with Crippen LogP contribution in [0.4, 0.5) is 0 Å². The number of hydrogen-bond donors (Lipinski definition) is 3. The Bertz CT molecular complexity index is 753. The summed E-state index contributed by atoms with van der Waals surface area (Å²) in [5.41, 5.74) is 2.21. The van der Waals surface area contributed by atoms with Crippen molar-refractivity contribution in [3.63, 3.8) is 0 Å². The van der Waals surface area contributed by atoms with Crippen LogP contribution in [-0.4, -0.2) is 35.2 Å². The van der Waals surface area contributed by atoms with E-state index in [2.05, 4.69) is 5.32 Å². The van der Waals surface area contributed by atoms with Crippen LogP contribution in [-0.2, 0) is 19.1 Å². The summed E-state index contributed by atoms with van der Waals surface area (Å²) in [4.78, 5) is 24.8. The van der Waals surface area contributed by atoms with Crippen molar-refractivity contribution in [2.24, 2.45) is 0 Å². The van der Waals surface area contributed by atoms with E-state index in [1.807, 2.05) is 19.9 Å². The van der Waals surface area contributed by atoms with Gasteiger partial charge in [-0.15, -0.1) is 0 Å². The van der Waals surface area contributed by atoms with Gasteiger partial charge in [0.05, 0.1) is 19.1 Å². The lowest BCUT2D eigenvalue weighted by atomic mass is 9.80. The number of aliphatic hydroxyl groups is 2. The van der Waals surface area contributed by atoms with Gasteiger partial charge in [-0.05, 0) is 44.4 Å². The molecule has 1 aliphatic heterocycles. The minimum absolute atomic E-state index is 0.132. The molecule has 3 N–H and O–H groups in total. The zero-order valence-electron chi connectivity index (χ0n) is 15.3. The minimum atomic E-state index is -1.02. The molecule has 1 aliphatic rings. The summed E-state index contributed by atoms with van der Waals surface area (Å²) >= 11 is 0. The summed E-state index contributed by atoms with van der Waals surface area (Å²) < 4.78 is 10.2. The number of hydrogen-bond acceptors (Lipinski definition) is 6. The van der Waals surface area contributed by atoms with E-state index >= 15 is 0 Å². The molecule has 0 aromatic heterocycles. The molecule has 0 bridgehead atoms. The first-order chi connectivity index (χ1) is 12.3. The van der Waals surface area contributed by atoms with Crippen molar-refractivity contribution in [3.05, 3.63) is 57.9 Å². The lowest BCUT2D eigenvalue weighted by Gasteiger charge is -2.28. The van der Waals surface area contributed by atoms with E-state index in [9.17, 15) is 19.8 Å². The second-order valence-corrected chi connectivity index (χ2v) is 5.86. The van der Waals surface area contributed by atoms with Gasteiger partial charge in [-0.1, -0.05) is 18.2 Å². The quantitative estimate of drug-likeness (QED) is 0.423. The van der Waals surface area contributed by atoms with Crippen LogP contribution in [0.3, 0.4) is 0 Å². The summed E-state index contributed by atoms with van der Waals surface area (Å²) in [5.74, 6) is -3.77. The van der Waals surface area contributed by atoms with E-state index in [1.54, 1.807) is 26.0 Å². The van der Waals surface area contributed by atoms with Gasteiger partial charge in [0.1, 0.15) is 11.1 Å². The Morgan fingerprint density at radius 1 is 0.962 bits per heavy atom. The SMILES string of the molecule is CCO/C(O)=C1/C(=O)NC(=O)/C(=C(\O)OCC)C1c1ccc(C)c(C)c1. The third-order valence-electron chi connectivity index (χ3n) is 4.18. The Morgan fingerprint density at radius 3 is 1.88 bits per heavy atom. The number of benzene rings is 1. The Morgan fingerprint density at radius 2 is 1.46 bits per heavy atom. The van der Waals surface area contributed by atoms with Crippen LogP contribution in [0, 0.1) is 13.8 Å². The van der Waals surface area contributed by atoms with Crippen LogP contribution in [0.1, 0.15) is 36.5 Å². The highest BCUT2D eigenvalue weighted by Crippen LogP contribution is 2.38. The molecule has 2 rings (SSSR count). The number of aryl methyl sites for hydroxylation is 2. The molecule has 1 aromatic rings. The van der Waals surface area contributed by atoms with Crippen molar-refractivity contribution in [2.45, 2.75) is 33.6 Å². The molecule has 1 heterocycles. The molecule has 0 aliphatic carbocycles. The van der Waals surface area contributed by atoms with E-state index in [1.165, 1.54) is 0 Å². The molecule has 2 amide bonds. The highest BCUT2D eigenvalue weighted by Gasteiger charge is 2.42. The van der Waals surface area contributed by atoms with Crippen molar-refractivity contribution in [1.29, 1.82) is 0 Å². The van der Waals surface area contributed by atoms with Crippen LogP contribution in [0.2, 0.25) is 0 Å². The van der Waals surface area contributed by atoms with Gasteiger partial charge in [-0.3, -0.25) is 14.9 Å². The number of nitrogens with one attached hydrogen (secondary N) is 1. The van der Waals surface area contributed by atoms with Gasteiger partial charge in [0.25, 0.3) is 23.7 Å². The van der Waals surface area contributed by atoms with E-state index < -0.39 is 29.6 Å². The van der Waals surface area contributed by atoms with E-state index in [0.717, 1.165) is 11.1 Å². The predicted molar refractivity (Wildman–Crippen MR) is 94.4 cm³/mol. The van der Waals surface area contributed by atoms with Crippen molar-refractivity contribution in [3.8, 4) is 0 Å². The second-order valence-electron chi connectivity index (χ2n) is 5.86. The maximum Gasteiger partial charge on any atom is 0.286 e. The first-order valence-corrected chi connectivity index (χ1v) is 8.36. The molecule has 0 saturated carbocycles. The number of carbonyl (C=O) groups excluding carboxylic acids is 2. The highest BCUT2D eigenvalue weighted by atomic mass is 16.6. The van der Waals surface area contributed by atoms with E-state index in [0.29, 0.717) is 5.56 Å². The monoisotopic (exact) mass is 361 g/mol. The molecular formula is C19H23NO6. The zero-order valence-corrected chi connectivity index (χ0v) is 15.3. The highest BCUT2D eigenvalue weighted by molar-refractivity contribution is 6.16. The largest absolute Gasteiger partial charge is 0.481 e. The molecule has 0 radical (unpaired) electrons. The van der Waals surface area contributed by atoms with Gasteiger partial charge in [0.2, 0.25) is 0 Å². The van der Waals surface area contributed by atoms with Crippen LogP contribution in [0.15, 0.2) is 41.2 Å². The summed E-state index contributed by atoms with van der Waals surface area (Å²) in [7, 11) is 0. The lowest BCUT2D eigenvalue weighted by Crippen LogP contribution is -2.43. The molecule has 140 valence electrons. The lowest BCUT2D eigenvalue weighted by molar-refractivity contribution is -0.128. The summed E-state index contributed by atoms with van der Waals surface area (Å²) in [6, 6.07) is 5.37. The molecule has 0 spiro atoms. The number of amides is 2. The van der Waals surface area contributed by atoms with Crippen LogP contribution < -0.4 is 5.32 Å². The molecule has 7 nitrogen and oxygen atoms in total. The molecule has 7 heteroatoms. The maximum absolute atomic E-state index is 12.4. The smallest absolute Gasteiger partial charge is 0.286 e. The van der Waals surface area contributed by atoms with Crippen LogP contribution >= 0.6 is 0 Å². The van der Waals surface area contributed by atoms with Crippen molar-refractivity contribution in [1.82, 2.24) is 5.32 Å². The first kappa shape index (κ1) is 19.4. The number of imide groups is 1. The number of carbonyl (C=O) groups is 2. The summed E-state index contributed by atoms with van der Waals surface area (Å²) in [6.45, 7) is 7.39. The first-order valence-electron chi connectivity index (χ1n) is 8.36.